The van der Waals surface area contributed by atoms with Crippen molar-refractivity contribution in [1.82, 2.24) is 5.32 Å². The molecule has 102 valence electrons. The van der Waals surface area contributed by atoms with E-state index in [-0.39, 0.29) is 0 Å². The molecule has 1 rings (SSSR count). The van der Waals surface area contributed by atoms with Crippen molar-refractivity contribution in [2.45, 2.75) is 45.3 Å². The molecule has 0 aliphatic heterocycles. The summed E-state index contributed by atoms with van der Waals surface area (Å²) in [6.45, 7) is 7.04. The molecule has 2 atom stereocenters. The zero-order chi connectivity index (χ0) is 12.5. The Labute approximate surface area is 105 Å². The molecule has 1 aliphatic carbocycles. The molecule has 4 nitrogen and oxygen atoms in total. The number of hydrogen-bond acceptors (Lipinski definition) is 4. The highest BCUT2D eigenvalue weighted by Gasteiger charge is 2.23. The predicted molar refractivity (Wildman–Crippen MR) is 68.1 cm³/mol. The zero-order valence-electron chi connectivity index (χ0n) is 11.2. The minimum atomic E-state index is -0.417. The molecule has 0 amide bonds. The number of ether oxygens (including phenoxy) is 2. The fraction of sp³-hybridized carbons (Fsp3) is 1.00. The Bertz CT molecular complexity index is 186. The van der Waals surface area contributed by atoms with E-state index in [1.165, 1.54) is 19.3 Å². The van der Waals surface area contributed by atoms with Crippen LogP contribution in [0.1, 0.15) is 33.1 Å². The van der Waals surface area contributed by atoms with Gasteiger partial charge in [-0.15, -0.1) is 0 Å². The number of aliphatic hydroxyl groups is 1. The Morgan fingerprint density at radius 1 is 1.29 bits per heavy atom. The minimum Gasteiger partial charge on any atom is -0.389 e. The van der Waals surface area contributed by atoms with Crippen molar-refractivity contribution in [3.05, 3.63) is 0 Å². The van der Waals surface area contributed by atoms with Gasteiger partial charge in [-0.25, -0.2) is 0 Å². The van der Waals surface area contributed by atoms with Crippen LogP contribution in [0.2, 0.25) is 0 Å². The lowest BCUT2D eigenvalue weighted by molar-refractivity contribution is 0.00487. The summed E-state index contributed by atoms with van der Waals surface area (Å²) in [6.07, 6.45) is 3.60. The molecule has 1 saturated carbocycles. The quantitative estimate of drug-likeness (QED) is 0.567. The van der Waals surface area contributed by atoms with Gasteiger partial charge in [0, 0.05) is 19.2 Å². The second-order valence-corrected chi connectivity index (χ2v) is 4.81. The fourth-order valence-corrected chi connectivity index (χ4v) is 1.97. The smallest absolute Gasteiger partial charge is 0.0897 e. The van der Waals surface area contributed by atoms with Gasteiger partial charge in [-0.05, 0) is 32.6 Å². The molecule has 2 unspecified atom stereocenters. The van der Waals surface area contributed by atoms with E-state index in [4.69, 9.17) is 9.47 Å². The first-order valence-corrected chi connectivity index (χ1v) is 6.81. The molecule has 0 saturated heterocycles. The van der Waals surface area contributed by atoms with E-state index in [1.54, 1.807) is 0 Å². The van der Waals surface area contributed by atoms with Crippen LogP contribution in [0.5, 0.6) is 0 Å². The maximum atomic E-state index is 9.70. The Balaban J connectivity index is 1.91. The molecule has 0 heterocycles. The van der Waals surface area contributed by atoms with Gasteiger partial charge in [0.05, 0.1) is 25.9 Å². The molecule has 2 N–H and O–H groups in total. The van der Waals surface area contributed by atoms with E-state index >= 15 is 0 Å². The average Bonchev–Trinajstić information content (AvgIpc) is 2.24. The van der Waals surface area contributed by atoms with Gasteiger partial charge in [-0.2, -0.15) is 0 Å². The first-order chi connectivity index (χ1) is 8.24. The van der Waals surface area contributed by atoms with Gasteiger partial charge in [0.2, 0.25) is 0 Å². The molecule has 0 aromatic heterocycles. The number of hydrogen-bond donors (Lipinski definition) is 2. The molecular formula is C13H27NO3. The summed E-state index contributed by atoms with van der Waals surface area (Å²) in [4.78, 5) is 0. The lowest BCUT2D eigenvalue weighted by atomic mass is 9.80. The van der Waals surface area contributed by atoms with Crippen LogP contribution in [0.15, 0.2) is 0 Å². The number of aliphatic hydroxyl groups excluding tert-OH is 1. The van der Waals surface area contributed by atoms with Crippen LogP contribution in [0.25, 0.3) is 0 Å². The van der Waals surface area contributed by atoms with Gasteiger partial charge >= 0.3 is 0 Å². The summed E-state index contributed by atoms with van der Waals surface area (Å²) in [7, 11) is 0. The third kappa shape index (κ3) is 6.36. The molecular weight excluding hydrogens is 218 g/mol. The molecule has 0 aromatic carbocycles. The molecule has 0 spiro atoms. The van der Waals surface area contributed by atoms with Crippen molar-refractivity contribution in [3.63, 3.8) is 0 Å². The van der Waals surface area contributed by atoms with E-state index in [9.17, 15) is 5.11 Å². The molecule has 1 fully saturated rings. The fourth-order valence-electron chi connectivity index (χ4n) is 1.97. The lowest BCUT2D eigenvalue weighted by Gasteiger charge is -2.32. The summed E-state index contributed by atoms with van der Waals surface area (Å²) in [6, 6.07) is 0.516. The molecule has 0 aromatic rings. The highest BCUT2D eigenvalue weighted by molar-refractivity contribution is 4.80. The normalized spacial score (nSPS) is 19.9. The summed E-state index contributed by atoms with van der Waals surface area (Å²) in [5.41, 5.74) is 0. The Kier molecular flexibility index (Phi) is 7.77. The number of rotatable bonds is 10. The largest absolute Gasteiger partial charge is 0.389 e. The van der Waals surface area contributed by atoms with E-state index in [0.29, 0.717) is 39.0 Å². The van der Waals surface area contributed by atoms with Crippen LogP contribution in [0.4, 0.5) is 0 Å². The van der Waals surface area contributed by atoms with E-state index < -0.39 is 6.10 Å². The van der Waals surface area contributed by atoms with Gasteiger partial charge in [-0.1, -0.05) is 6.42 Å². The van der Waals surface area contributed by atoms with E-state index in [1.807, 2.05) is 6.92 Å². The Morgan fingerprint density at radius 2 is 2.00 bits per heavy atom. The Morgan fingerprint density at radius 3 is 2.59 bits per heavy atom. The van der Waals surface area contributed by atoms with Gasteiger partial charge in [0.25, 0.3) is 0 Å². The molecule has 0 radical (unpaired) electrons. The standard InChI is InChI=1S/C13H27NO3/c1-3-16-7-8-17-10-13(15)9-14-11(2)12-5-4-6-12/h11-15H,3-10H2,1-2H3. The monoisotopic (exact) mass is 245 g/mol. The van der Waals surface area contributed by atoms with Gasteiger partial charge in [-0.3, -0.25) is 0 Å². The van der Waals surface area contributed by atoms with Crippen molar-refractivity contribution in [2.75, 3.05) is 33.0 Å². The predicted octanol–water partition coefficient (Wildman–Crippen LogP) is 1.18. The summed E-state index contributed by atoms with van der Waals surface area (Å²) in [5.74, 6) is 0.807. The van der Waals surface area contributed by atoms with Gasteiger partial charge in [0.1, 0.15) is 0 Å². The van der Waals surface area contributed by atoms with Crippen molar-refractivity contribution < 1.29 is 14.6 Å². The van der Waals surface area contributed by atoms with Gasteiger partial charge in [0.15, 0.2) is 0 Å². The van der Waals surface area contributed by atoms with Crippen LogP contribution in [-0.2, 0) is 9.47 Å². The van der Waals surface area contributed by atoms with Crippen LogP contribution in [0.3, 0.4) is 0 Å². The van der Waals surface area contributed by atoms with E-state index in [2.05, 4.69) is 12.2 Å². The Hall–Kier alpha value is -0.160. The highest BCUT2D eigenvalue weighted by Crippen LogP contribution is 2.29. The second kappa shape index (κ2) is 8.86. The van der Waals surface area contributed by atoms with Crippen molar-refractivity contribution in [3.8, 4) is 0 Å². The average molecular weight is 245 g/mol. The third-order valence-electron chi connectivity index (χ3n) is 3.42. The minimum absolute atomic E-state index is 0.386. The third-order valence-corrected chi connectivity index (χ3v) is 3.42. The van der Waals surface area contributed by atoms with Crippen LogP contribution >= 0.6 is 0 Å². The summed E-state index contributed by atoms with van der Waals surface area (Å²) in [5, 5.41) is 13.1. The maximum absolute atomic E-state index is 9.70. The first-order valence-electron chi connectivity index (χ1n) is 6.81. The van der Waals surface area contributed by atoms with Crippen molar-refractivity contribution in [2.24, 2.45) is 5.92 Å². The number of nitrogens with one attached hydrogen (secondary N) is 1. The molecule has 0 bridgehead atoms. The van der Waals surface area contributed by atoms with Gasteiger partial charge < -0.3 is 19.9 Å². The van der Waals surface area contributed by atoms with Crippen molar-refractivity contribution in [1.29, 1.82) is 0 Å². The summed E-state index contributed by atoms with van der Waals surface area (Å²) < 4.78 is 10.5. The zero-order valence-corrected chi connectivity index (χ0v) is 11.2. The molecule has 17 heavy (non-hydrogen) atoms. The van der Waals surface area contributed by atoms with Crippen molar-refractivity contribution >= 4 is 0 Å². The molecule has 4 heteroatoms. The van der Waals surface area contributed by atoms with Crippen LogP contribution in [-0.4, -0.2) is 50.2 Å². The molecule has 1 aliphatic rings. The van der Waals surface area contributed by atoms with Crippen LogP contribution in [0, 0.1) is 5.92 Å². The highest BCUT2D eigenvalue weighted by atomic mass is 16.5. The topological polar surface area (TPSA) is 50.7 Å². The SMILES string of the molecule is CCOCCOCC(O)CNC(C)C1CCC1. The first kappa shape index (κ1) is 14.9. The summed E-state index contributed by atoms with van der Waals surface area (Å²) >= 11 is 0. The second-order valence-electron chi connectivity index (χ2n) is 4.81. The lowest BCUT2D eigenvalue weighted by Crippen LogP contribution is -2.42. The van der Waals surface area contributed by atoms with Crippen LogP contribution < -0.4 is 5.32 Å². The maximum Gasteiger partial charge on any atom is 0.0897 e. The van der Waals surface area contributed by atoms with E-state index in [0.717, 1.165) is 5.92 Å².